The number of aliphatic hydroxyl groups is 1. The number of ketones is 1. The van der Waals surface area contributed by atoms with Gasteiger partial charge in [0.15, 0.2) is 16.7 Å². The van der Waals surface area contributed by atoms with Crippen LogP contribution in [0, 0.1) is 13.8 Å². The Kier molecular flexibility index (Phi) is 5.73. The molecule has 0 saturated heterocycles. The average molecular weight is 483 g/mol. The zero-order valence-corrected chi connectivity index (χ0v) is 19.2. The van der Waals surface area contributed by atoms with Gasteiger partial charge < -0.3 is 14.6 Å². The molecule has 3 heterocycles. The lowest BCUT2D eigenvalue weighted by molar-refractivity contribution is -0.117. The van der Waals surface area contributed by atoms with Gasteiger partial charge in [0.1, 0.15) is 5.75 Å². The molecule has 0 radical (unpaired) electrons. The summed E-state index contributed by atoms with van der Waals surface area (Å²) in [6, 6.07) is 12.3. The van der Waals surface area contributed by atoms with E-state index in [1.54, 1.807) is 18.2 Å². The Morgan fingerprint density at radius 3 is 2.52 bits per heavy atom. The van der Waals surface area contributed by atoms with E-state index < -0.39 is 23.5 Å². The number of rotatable bonds is 4. The summed E-state index contributed by atoms with van der Waals surface area (Å²) in [5.41, 5.74) is 3.25. The zero-order chi connectivity index (χ0) is 22.6. The number of aromatic nitrogens is 1. The van der Waals surface area contributed by atoms with E-state index >= 15 is 0 Å². The van der Waals surface area contributed by atoms with Gasteiger partial charge in [0.05, 0.1) is 28.1 Å². The van der Waals surface area contributed by atoms with Crippen LogP contribution in [0.15, 0.2) is 70.5 Å². The summed E-state index contributed by atoms with van der Waals surface area (Å²) in [4.78, 5) is 32.4. The van der Waals surface area contributed by atoms with Crippen molar-refractivity contribution in [2.75, 3.05) is 4.90 Å². The van der Waals surface area contributed by atoms with Crippen molar-refractivity contribution in [2.24, 2.45) is 0 Å². The first-order valence-electron chi connectivity index (χ1n) is 9.86. The standard InChI is InChI=1S/C24H18N2O5S.ClH/c1-12-10-13(2)19-17(11-12)32-24(25-19)26-20(14-5-7-15(27)8-6-14)18(22(29)23(26)30)21(28)16-4-3-9-31-16;/h3-11,20,27,29H,1-2H3;1H. The highest BCUT2D eigenvalue weighted by atomic mass is 35.5. The summed E-state index contributed by atoms with van der Waals surface area (Å²) < 4.78 is 6.14. The van der Waals surface area contributed by atoms with Gasteiger partial charge in [0, 0.05) is 0 Å². The number of furan rings is 1. The van der Waals surface area contributed by atoms with Crippen molar-refractivity contribution >= 4 is 50.8 Å². The Bertz CT molecular complexity index is 1410. The number of fused-ring (bicyclic) bond motifs is 1. The smallest absolute Gasteiger partial charge is 0.296 e. The molecule has 0 spiro atoms. The number of aromatic hydroxyl groups is 1. The van der Waals surface area contributed by atoms with E-state index in [9.17, 15) is 19.8 Å². The summed E-state index contributed by atoms with van der Waals surface area (Å²) >= 11 is 1.31. The van der Waals surface area contributed by atoms with Crippen LogP contribution in [0.4, 0.5) is 5.13 Å². The number of anilines is 1. The van der Waals surface area contributed by atoms with Gasteiger partial charge >= 0.3 is 0 Å². The predicted octanol–water partition coefficient (Wildman–Crippen LogP) is 5.42. The molecule has 168 valence electrons. The van der Waals surface area contributed by atoms with Crippen LogP contribution in [-0.2, 0) is 4.79 Å². The molecule has 1 atom stereocenters. The molecule has 0 saturated carbocycles. The van der Waals surface area contributed by atoms with Crippen LogP contribution in [0.25, 0.3) is 10.2 Å². The van der Waals surface area contributed by atoms with Gasteiger partial charge in [0.25, 0.3) is 5.91 Å². The maximum atomic E-state index is 13.2. The molecular formula is C24H19ClN2O5S. The van der Waals surface area contributed by atoms with E-state index in [1.165, 1.54) is 40.7 Å². The van der Waals surface area contributed by atoms with Gasteiger partial charge in [-0.2, -0.15) is 0 Å². The normalized spacial score (nSPS) is 15.9. The summed E-state index contributed by atoms with van der Waals surface area (Å²) in [6.45, 7) is 3.93. The van der Waals surface area contributed by atoms with Gasteiger partial charge in [-0.3, -0.25) is 14.5 Å². The quantitative estimate of drug-likeness (QED) is 0.376. The first-order valence-corrected chi connectivity index (χ1v) is 10.7. The second-order valence-electron chi connectivity index (χ2n) is 7.66. The van der Waals surface area contributed by atoms with Crippen molar-refractivity contribution < 1.29 is 24.2 Å². The van der Waals surface area contributed by atoms with Crippen LogP contribution >= 0.6 is 23.7 Å². The molecule has 5 rings (SSSR count). The highest BCUT2D eigenvalue weighted by Gasteiger charge is 2.46. The fourth-order valence-electron chi connectivity index (χ4n) is 4.01. The van der Waals surface area contributed by atoms with Gasteiger partial charge in [-0.25, -0.2) is 4.98 Å². The SMILES string of the molecule is Cc1cc(C)c2nc(N3C(=O)C(O)=C(C(=O)c4ccco4)C3c3ccc(O)cc3)sc2c1.Cl. The summed E-state index contributed by atoms with van der Waals surface area (Å²) in [5.74, 6) is -1.89. The van der Waals surface area contributed by atoms with Crippen LogP contribution in [0.2, 0.25) is 0 Å². The van der Waals surface area contributed by atoms with E-state index in [-0.39, 0.29) is 29.5 Å². The lowest BCUT2D eigenvalue weighted by atomic mass is 9.95. The van der Waals surface area contributed by atoms with Crippen LogP contribution in [-0.4, -0.2) is 26.9 Å². The number of phenols is 1. The van der Waals surface area contributed by atoms with E-state index in [4.69, 9.17) is 4.42 Å². The molecule has 1 amide bonds. The van der Waals surface area contributed by atoms with Crippen LogP contribution < -0.4 is 4.90 Å². The molecule has 0 fully saturated rings. The lowest BCUT2D eigenvalue weighted by Gasteiger charge is -2.24. The van der Waals surface area contributed by atoms with Crippen molar-refractivity contribution in [3.63, 3.8) is 0 Å². The Labute approximate surface area is 199 Å². The zero-order valence-electron chi connectivity index (χ0n) is 17.6. The lowest BCUT2D eigenvalue weighted by Crippen LogP contribution is -2.30. The van der Waals surface area contributed by atoms with Crippen molar-refractivity contribution in [3.05, 3.63) is 88.6 Å². The highest BCUT2D eigenvalue weighted by Crippen LogP contribution is 2.44. The minimum atomic E-state index is -0.928. The van der Waals surface area contributed by atoms with E-state index in [1.807, 2.05) is 26.0 Å². The fourth-order valence-corrected chi connectivity index (χ4v) is 5.18. The Morgan fingerprint density at radius 2 is 1.85 bits per heavy atom. The summed E-state index contributed by atoms with van der Waals surface area (Å²) in [5, 5.41) is 20.9. The van der Waals surface area contributed by atoms with Crippen molar-refractivity contribution in [2.45, 2.75) is 19.9 Å². The first-order chi connectivity index (χ1) is 15.3. The Balaban J connectivity index is 0.00000259. The third-order valence-electron chi connectivity index (χ3n) is 5.43. The molecule has 33 heavy (non-hydrogen) atoms. The molecular weight excluding hydrogens is 464 g/mol. The molecule has 0 aliphatic carbocycles. The molecule has 1 aliphatic heterocycles. The average Bonchev–Trinajstić information content (AvgIpc) is 3.48. The van der Waals surface area contributed by atoms with Crippen LogP contribution in [0.5, 0.6) is 5.75 Å². The number of hydrogen-bond donors (Lipinski definition) is 2. The number of phenolic OH excluding ortho intramolecular Hbond substituents is 1. The number of carbonyl (C=O) groups excluding carboxylic acids is 2. The molecule has 0 bridgehead atoms. The summed E-state index contributed by atoms with van der Waals surface area (Å²) in [7, 11) is 0. The number of carbonyl (C=O) groups is 2. The third kappa shape index (κ3) is 3.67. The van der Waals surface area contributed by atoms with E-state index in [0.29, 0.717) is 10.7 Å². The number of thiazole rings is 1. The molecule has 2 aromatic heterocycles. The summed E-state index contributed by atoms with van der Waals surface area (Å²) in [6.07, 6.45) is 1.35. The minimum absolute atomic E-state index is 0. The van der Waals surface area contributed by atoms with E-state index in [0.717, 1.165) is 21.3 Å². The number of amides is 1. The number of nitrogens with zero attached hydrogens (tertiary/aromatic N) is 2. The van der Waals surface area contributed by atoms with Crippen molar-refractivity contribution in [3.8, 4) is 5.75 Å². The molecule has 2 N–H and O–H groups in total. The van der Waals surface area contributed by atoms with Crippen LogP contribution in [0.3, 0.4) is 0 Å². The molecule has 1 unspecified atom stereocenters. The van der Waals surface area contributed by atoms with Crippen molar-refractivity contribution in [1.82, 2.24) is 4.98 Å². The first kappa shape index (κ1) is 22.6. The van der Waals surface area contributed by atoms with Gasteiger partial charge in [-0.15, -0.1) is 12.4 Å². The van der Waals surface area contributed by atoms with Crippen molar-refractivity contribution in [1.29, 1.82) is 0 Å². The van der Waals surface area contributed by atoms with E-state index in [2.05, 4.69) is 4.98 Å². The monoisotopic (exact) mass is 482 g/mol. The third-order valence-corrected chi connectivity index (χ3v) is 6.43. The fraction of sp³-hybridized carbons (Fsp3) is 0.125. The highest BCUT2D eigenvalue weighted by molar-refractivity contribution is 7.22. The second kappa shape index (κ2) is 8.38. The molecule has 2 aromatic carbocycles. The molecule has 7 nitrogen and oxygen atoms in total. The number of halogens is 1. The molecule has 4 aromatic rings. The van der Waals surface area contributed by atoms with Gasteiger partial charge in [0.2, 0.25) is 5.78 Å². The maximum Gasteiger partial charge on any atom is 0.296 e. The number of Topliss-reactive ketones (excluding diaryl/α,β-unsaturated/α-hetero) is 1. The number of aryl methyl sites for hydroxylation is 2. The number of aliphatic hydroxyl groups excluding tert-OH is 1. The number of benzene rings is 2. The topological polar surface area (TPSA) is 104 Å². The van der Waals surface area contributed by atoms with Gasteiger partial charge in [-0.1, -0.05) is 29.5 Å². The van der Waals surface area contributed by atoms with Crippen LogP contribution in [0.1, 0.15) is 33.3 Å². The molecule has 9 heteroatoms. The maximum absolute atomic E-state index is 13.2. The Hall–Kier alpha value is -3.62. The Morgan fingerprint density at radius 1 is 1.12 bits per heavy atom. The van der Waals surface area contributed by atoms with Gasteiger partial charge in [-0.05, 0) is 60.9 Å². The minimum Gasteiger partial charge on any atom is -0.508 e. The number of hydrogen-bond acceptors (Lipinski definition) is 7. The predicted molar refractivity (Wildman–Crippen MR) is 127 cm³/mol. The second-order valence-corrected chi connectivity index (χ2v) is 8.67. The molecule has 1 aliphatic rings. The largest absolute Gasteiger partial charge is 0.508 e.